The van der Waals surface area contributed by atoms with Gasteiger partial charge in [-0.15, -0.1) is 0 Å². The quantitative estimate of drug-likeness (QED) is 0.814. The van der Waals surface area contributed by atoms with Crippen molar-refractivity contribution in [2.45, 2.75) is 32.8 Å². The summed E-state index contributed by atoms with van der Waals surface area (Å²) in [5.41, 5.74) is 5.72. The molecular formula is C14H16N2O. The number of rotatable bonds is 1. The molecule has 1 atom stereocenters. The summed E-state index contributed by atoms with van der Waals surface area (Å²) in [6.45, 7) is 4.09. The Labute approximate surface area is 101 Å². The first-order valence-electron chi connectivity index (χ1n) is 5.98. The molecule has 0 spiro atoms. The van der Waals surface area contributed by atoms with Crippen molar-refractivity contribution in [3.05, 3.63) is 47.0 Å². The van der Waals surface area contributed by atoms with Gasteiger partial charge in [0.05, 0.1) is 18.1 Å². The Kier molecular flexibility index (Phi) is 2.30. The van der Waals surface area contributed by atoms with Gasteiger partial charge in [0.15, 0.2) is 0 Å². The first-order valence-corrected chi connectivity index (χ1v) is 5.98. The molecule has 1 unspecified atom stereocenters. The number of aromatic nitrogens is 2. The fourth-order valence-corrected chi connectivity index (χ4v) is 2.49. The molecule has 3 rings (SSSR count). The van der Waals surface area contributed by atoms with Crippen molar-refractivity contribution in [2.24, 2.45) is 0 Å². The monoisotopic (exact) mass is 228 g/mol. The topological polar surface area (TPSA) is 38.0 Å². The van der Waals surface area contributed by atoms with Gasteiger partial charge in [0.2, 0.25) is 0 Å². The number of aliphatic hydroxyl groups is 1. The largest absolute Gasteiger partial charge is 0.388 e. The first kappa shape index (κ1) is 10.5. The number of hydrogen-bond acceptors (Lipinski definition) is 2. The molecular weight excluding hydrogens is 212 g/mol. The van der Waals surface area contributed by atoms with Crippen LogP contribution in [0.4, 0.5) is 0 Å². The van der Waals surface area contributed by atoms with Crippen LogP contribution in [0.25, 0.3) is 5.69 Å². The van der Waals surface area contributed by atoms with Crippen LogP contribution in [0, 0.1) is 13.8 Å². The molecule has 17 heavy (non-hydrogen) atoms. The minimum absolute atomic E-state index is 0.273. The number of fused-ring (bicyclic) bond motifs is 1. The minimum atomic E-state index is -0.273. The van der Waals surface area contributed by atoms with Gasteiger partial charge in [-0.05, 0) is 49.9 Å². The number of aliphatic hydroxyl groups excluding tert-OH is 1. The Balaban J connectivity index is 2.09. The van der Waals surface area contributed by atoms with Crippen molar-refractivity contribution in [1.82, 2.24) is 9.55 Å². The van der Waals surface area contributed by atoms with Crippen LogP contribution in [0.5, 0.6) is 0 Å². The molecule has 3 heteroatoms. The van der Waals surface area contributed by atoms with E-state index in [1.54, 1.807) is 0 Å². The van der Waals surface area contributed by atoms with E-state index in [0.29, 0.717) is 0 Å². The smallest absolute Gasteiger partial charge is 0.0997 e. The van der Waals surface area contributed by atoms with Gasteiger partial charge in [0.1, 0.15) is 0 Å². The van der Waals surface area contributed by atoms with E-state index in [-0.39, 0.29) is 6.10 Å². The summed E-state index contributed by atoms with van der Waals surface area (Å²) in [5, 5.41) is 9.78. The Morgan fingerprint density at radius 3 is 2.88 bits per heavy atom. The third-order valence-corrected chi connectivity index (χ3v) is 3.70. The number of nitrogens with zero attached hydrogens (tertiary/aromatic N) is 2. The van der Waals surface area contributed by atoms with Crippen LogP contribution in [0.1, 0.15) is 35.0 Å². The van der Waals surface area contributed by atoms with Crippen molar-refractivity contribution in [2.75, 3.05) is 0 Å². The highest BCUT2D eigenvalue weighted by molar-refractivity contribution is 5.45. The molecule has 1 heterocycles. The average molecular weight is 228 g/mol. The van der Waals surface area contributed by atoms with E-state index >= 15 is 0 Å². The summed E-state index contributed by atoms with van der Waals surface area (Å²) in [4.78, 5) is 4.31. The molecule has 1 aromatic carbocycles. The van der Waals surface area contributed by atoms with Gasteiger partial charge >= 0.3 is 0 Å². The molecule has 1 aliphatic carbocycles. The molecule has 1 aromatic heterocycles. The van der Waals surface area contributed by atoms with Gasteiger partial charge in [-0.1, -0.05) is 6.07 Å². The van der Waals surface area contributed by atoms with Crippen molar-refractivity contribution in [3.63, 3.8) is 0 Å². The van der Waals surface area contributed by atoms with Crippen LogP contribution in [0.3, 0.4) is 0 Å². The lowest BCUT2D eigenvalue weighted by Gasteiger charge is -2.09. The lowest BCUT2D eigenvalue weighted by molar-refractivity contribution is 0.180. The summed E-state index contributed by atoms with van der Waals surface area (Å²) in [6.07, 6.45) is 3.40. The predicted octanol–water partition coefficient (Wildman–Crippen LogP) is 2.47. The second-order valence-electron chi connectivity index (χ2n) is 4.72. The van der Waals surface area contributed by atoms with E-state index in [9.17, 15) is 5.11 Å². The zero-order valence-corrected chi connectivity index (χ0v) is 10.1. The first-order chi connectivity index (χ1) is 8.16. The van der Waals surface area contributed by atoms with Crippen LogP contribution < -0.4 is 0 Å². The molecule has 0 radical (unpaired) electrons. The highest BCUT2D eigenvalue weighted by Gasteiger charge is 2.20. The fraction of sp³-hybridized carbons (Fsp3) is 0.357. The summed E-state index contributed by atoms with van der Waals surface area (Å²) >= 11 is 0. The molecule has 0 amide bonds. The average Bonchev–Trinajstić information content (AvgIpc) is 2.85. The van der Waals surface area contributed by atoms with Crippen LogP contribution in [-0.4, -0.2) is 14.7 Å². The highest BCUT2D eigenvalue weighted by atomic mass is 16.3. The Morgan fingerprint density at radius 2 is 2.18 bits per heavy atom. The Bertz CT molecular complexity index is 572. The molecule has 1 N–H and O–H groups in total. The molecule has 88 valence electrons. The lowest BCUT2D eigenvalue weighted by atomic mass is 10.1. The lowest BCUT2D eigenvalue weighted by Crippen LogP contribution is -1.97. The molecule has 0 fully saturated rings. The minimum Gasteiger partial charge on any atom is -0.388 e. The second kappa shape index (κ2) is 3.70. The number of hydrogen-bond donors (Lipinski definition) is 1. The van der Waals surface area contributed by atoms with E-state index in [1.165, 1.54) is 11.3 Å². The highest BCUT2D eigenvalue weighted by Crippen LogP contribution is 2.32. The molecule has 2 aromatic rings. The zero-order chi connectivity index (χ0) is 12.0. The zero-order valence-electron chi connectivity index (χ0n) is 10.1. The maximum Gasteiger partial charge on any atom is 0.0997 e. The summed E-state index contributed by atoms with van der Waals surface area (Å²) < 4.78 is 2.10. The van der Waals surface area contributed by atoms with Gasteiger partial charge in [0.25, 0.3) is 0 Å². The van der Waals surface area contributed by atoms with Gasteiger partial charge < -0.3 is 9.67 Å². The Morgan fingerprint density at radius 1 is 1.35 bits per heavy atom. The summed E-state index contributed by atoms with van der Waals surface area (Å²) in [6, 6.07) is 6.26. The van der Waals surface area contributed by atoms with E-state index in [1.807, 2.05) is 19.3 Å². The van der Waals surface area contributed by atoms with E-state index in [0.717, 1.165) is 29.8 Å². The second-order valence-corrected chi connectivity index (χ2v) is 4.72. The van der Waals surface area contributed by atoms with Crippen molar-refractivity contribution in [1.29, 1.82) is 0 Å². The number of aryl methyl sites for hydroxylation is 2. The summed E-state index contributed by atoms with van der Waals surface area (Å²) in [7, 11) is 0. The fourth-order valence-electron chi connectivity index (χ4n) is 2.49. The van der Waals surface area contributed by atoms with Crippen LogP contribution in [0.2, 0.25) is 0 Å². The van der Waals surface area contributed by atoms with Crippen molar-refractivity contribution < 1.29 is 5.11 Å². The van der Waals surface area contributed by atoms with E-state index in [4.69, 9.17) is 0 Å². The van der Waals surface area contributed by atoms with Crippen LogP contribution in [0.15, 0.2) is 24.5 Å². The maximum atomic E-state index is 9.78. The number of imidazole rings is 1. The standard InChI is InChI=1S/C14H16N2O/c1-9-10(2)16(8-15-9)12-4-5-13-11(7-12)3-6-14(13)17/h4-5,7-8,14,17H,3,6H2,1-2H3. The van der Waals surface area contributed by atoms with Gasteiger partial charge in [0, 0.05) is 11.4 Å². The molecule has 0 saturated carbocycles. The molecule has 0 bridgehead atoms. The number of benzene rings is 1. The SMILES string of the molecule is Cc1ncn(-c2ccc3c(c2)CCC3O)c1C. The van der Waals surface area contributed by atoms with Gasteiger partial charge in [-0.2, -0.15) is 0 Å². The van der Waals surface area contributed by atoms with Crippen LogP contribution in [-0.2, 0) is 6.42 Å². The Hall–Kier alpha value is -1.61. The normalized spacial score (nSPS) is 18.4. The maximum absolute atomic E-state index is 9.78. The van der Waals surface area contributed by atoms with Crippen molar-refractivity contribution >= 4 is 0 Å². The molecule has 3 nitrogen and oxygen atoms in total. The third-order valence-electron chi connectivity index (χ3n) is 3.70. The molecule has 0 saturated heterocycles. The predicted molar refractivity (Wildman–Crippen MR) is 66.3 cm³/mol. The van der Waals surface area contributed by atoms with Crippen LogP contribution >= 0.6 is 0 Å². The molecule has 1 aliphatic rings. The van der Waals surface area contributed by atoms with Gasteiger partial charge in [-0.3, -0.25) is 0 Å². The van der Waals surface area contributed by atoms with Crippen molar-refractivity contribution in [3.8, 4) is 5.69 Å². The third kappa shape index (κ3) is 1.58. The summed E-state index contributed by atoms with van der Waals surface area (Å²) in [5.74, 6) is 0. The van der Waals surface area contributed by atoms with Gasteiger partial charge in [-0.25, -0.2) is 4.98 Å². The van der Waals surface area contributed by atoms with E-state index < -0.39 is 0 Å². The molecule has 0 aliphatic heterocycles. The van der Waals surface area contributed by atoms with E-state index in [2.05, 4.69) is 28.6 Å².